The number of amides is 2. The molecule has 3 aromatic carbocycles. The number of nitrogens with one attached hydrogen (secondary N) is 2. The van der Waals surface area contributed by atoms with Gasteiger partial charge >= 0.3 is 0 Å². The number of rotatable bonds is 7. The monoisotopic (exact) mass is 452 g/mol. The third kappa shape index (κ3) is 6.88. The maximum Gasteiger partial charge on any atom is 0.237 e. The number of thioether (sulfide) groups is 1. The highest BCUT2D eigenvalue weighted by Crippen LogP contribution is 2.27. The van der Waals surface area contributed by atoms with Crippen LogP contribution in [0.1, 0.15) is 23.6 Å². The number of carbonyl (C=O) groups is 2. The lowest BCUT2D eigenvalue weighted by Crippen LogP contribution is -2.22. The van der Waals surface area contributed by atoms with E-state index in [2.05, 4.69) is 10.6 Å². The molecule has 4 nitrogen and oxygen atoms in total. The molecule has 1 unspecified atom stereocenters. The lowest BCUT2D eigenvalue weighted by atomic mass is 10.1. The summed E-state index contributed by atoms with van der Waals surface area (Å²) >= 11 is 7.34. The summed E-state index contributed by atoms with van der Waals surface area (Å²) in [6.45, 7) is 5.88. The predicted octanol–water partition coefficient (Wildman–Crippen LogP) is 6.26. The predicted molar refractivity (Wildman–Crippen MR) is 130 cm³/mol. The highest BCUT2D eigenvalue weighted by molar-refractivity contribution is 8.00. The summed E-state index contributed by atoms with van der Waals surface area (Å²) in [5.41, 5.74) is 4.62. The van der Waals surface area contributed by atoms with Gasteiger partial charge in [0, 0.05) is 21.3 Å². The smallest absolute Gasteiger partial charge is 0.237 e. The molecular formula is C25H25ClN2O2S. The zero-order valence-electron chi connectivity index (χ0n) is 17.7. The largest absolute Gasteiger partial charge is 0.326 e. The van der Waals surface area contributed by atoms with Crippen molar-refractivity contribution < 1.29 is 9.59 Å². The van der Waals surface area contributed by atoms with Gasteiger partial charge in [-0.1, -0.05) is 47.5 Å². The first kappa shape index (κ1) is 22.9. The summed E-state index contributed by atoms with van der Waals surface area (Å²) in [5, 5.41) is 6.26. The van der Waals surface area contributed by atoms with Crippen LogP contribution in [0.2, 0.25) is 5.02 Å². The van der Waals surface area contributed by atoms with Gasteiger partial charge in [-0.05, 0) is 68.3 Å². The zero-order chi connectivity index (χ0) is 22.4. The van der Waals surface area contributed by atoms with E-state index in [0.29, 0.717) is 10.7 Å². The van der Waals surface area contributed by atoms with Crippen molar-refractivity contribution in [2.24, 2.45) is 0 Å². The van der Waals surface area contributed by atoms with E-state index in [9.17, 15) is 9.59 Å². The van der Waals surface area contributed by atoms with Crippen LogP contribution in [0.5, 0.6) is 0 Å². The fourth-order valence-corrected chi connectivity index (χ4v) is 4.14. The van der Waals surface area contributed by atoms with E-state index < -0.39 is 0 Å². The van der Waals surface area contributed by atoms with Crippen molar-refractivity contribution in [2.45, 2.75) is 37.3 Å². The van der Waals surface area contributed by atoms with Crippen LogP contribution in [-0.2, 0) is 16.0 Å². The highest BCUT2D eigenvalue weighted by atomic mass is 35.5. The molecule has 0 heterocycles. The molecule has 2 amide bonds. The van der Waals surface area contributed by atoms with Crippen molar-refractivity contribution in [1.82, 2.24) is 0 Å². The van der Waals surface area contributed by atoms with Crippen LogP contribution in [0.25, 0.3) is 0 Å². The van der Waals surface area contributed by atoms with E-state index in [1.807, 2.05) is 75.4 Å². The summed E-state index contributed by atoms with van der Waals surface area (Å²) in [5.74, 6) is -0.167. The molecule has 6 heteroatoms. The normalized spacial score (nSPS) is 11.6. The van der Waals surface area contributed by atoms with Crippen molar-refractivity contribution in [3.05, 3.63) is 88.4 Å². The van der Waals surface area contributed by atoms with Crippen molar-refractivity contribution in [3.8, 4) is 0 Å². The molecule has 0 aromatic heterocycles. The Morgan fingerprint density at radius 2 is 1.71 bits per heavy atom. The maximum atomic E-state index is 12.6. The molecule has 0 fully saturated rings. The fourth-order valence-electron chi connectivity index (χ4n) is 3.09. The van der Waals surface area contributed by atoms with Gasteiger partial charge in [0.05, 0.1) is 11.7 Å². The molecule has 3 aromatic rings. The lowest BCUT2D eigenvalue weighted by molar-refractivity contribution is -0.116. The molecule has 0 saturated heterocycles. The molecule has 0 bridgehead atoms. The minimum absolute atomic E-state index is 0.0610. The third-order valence-corrected chi connectivity index (χ3v) is 6.06. The number of carbonyl (C=O) groups excluding carboxylic acids is 2. The first-order valence-electron chi connectivity index (χ1n) is 9.99. The Morgan fingerprint density at radius 3 is 2.42 bits per heavy atom. The molecule has 0 radical (unpaired) electrons. The Hall–Kier alpha value is -2.76. The van der Waals surface area contributed by atoms with Crippen molar-refractivity contribution in [2.75, 3.05) is 10.6 Å². The van der Waals surface area contributed by atoms with Crippen LogP contribution in [0.15, 0.2) is 71.6 Å². The Labute approximate surface area is 192 Å². The number of benzene rings is 3. The van der Waals surface area contributed by atoms with Crippen molar-refractivity contribution in [3.63, 3.8) is 0 Å². The van der Waals surface area contributed by atoms with Gasteiger partial charge in [-0.2, -0.15) is 0 Å². The van der Waals surface area contributed by atoms with Gasteiger partial charge in [0.1, 0.15) is 0 Å². The van der Waals surface area contributed by atoms with Gasteiger partial charge in [-0.25, -0.2) is 0 Å². The van der Waals surface area contributed by atoms with Crippen LogP contribution in [0.3, 0.4) is 0 Å². The lowest BCUT2D eigenvalue weighted by Gasteiger charge is -2.14. The van der Waals surface area contributed by atoms with Crippen LogP contribution in [-0.4, -0.2) is 17.1 Å². The topological polar surface area (TPSA) is 58.2 Å². The summed E-state index contributed by atoms with van der Waals surface area (Å²) in [6.07, 6.45) is 0.267. The number of hydrogen-bond acceptors (Lipinski definition) is 3. The highest BCUT2D eigenvalue weighted by Gasteiger charge is 2.16. The average molecular weight is 453 g/mol. The van der Waals surface area contributed by atoms with Crippen LogP contribution >= 0.6 is 23.4 Å². The zero-order valence-corrected chi connectivity index (χ0v) is 19.3. The Balaban J connectivity index is 1.58. The van der Waals surface area contributed by atoms with E-state index in [1.54, 1.807) is 12.1 Å². The first-order valence-corrected chi connectivity index (χ1v) is 11.2. The summed E-state index contributed by atoms with van der Waals surface area (Å²) < 4.78 is 0. The number of halogens is 1. The molecule has 0 aliphatic carbocycles. The van der Waals surface area contributed by atoms with E-state index in [1.165, 1.54) is 11.8 Å². The van der Waals surface area contributed by atoms with Gasteiger partial charge in [0.15, 0.2) is 0 Å². The van der Waals surface area contributed by atoms with Crippen LogP contribution < -0.4 is 10.6 Å². The minimum atomic E-state index is -0.291. The van der Waals surface area contributed by atoms with E-state index in [0.717, 1.165) is 27.3 Å². The second kappa shape index (κ2) is 10.5. The third-order valence-electron chi connectivity index (χ3n) is 4.72. The molecular weight excluding hydrogens is 428 g/mol. The van der Waals surface area contributed by atoms with Crippen LogP contribution in [0, 0.1) is 13.8 Å². The van der Waals surface area contributed by atoms with Gasteiger partial charge in [0.2, 0.25) is 11.8 Å². The average Bonchev–Trinajstić information content (AvgIpc) is 2.72. The molecule has 31 heavy (non-hydrogen) atoms. The summed E-state index contributed by atoms with van der Waals surface area (Å²) in [4.78, 5) is 25.9. The number of aryl methyl sites for hydroxylation is 2. The van der Waals surface area contributed by atoms with Gasteiger partial charge < -0.3 is 10.6 Å². The minimum Gasteiger partial charge on any atom is -0.326 e. The van der Waals surface area contributed by atoms with E-state index >= 15 is 0 Å². The van der Waals surface area contributed by atoms with Gasteiger partial charge in [0.25, 0.3) is 0 Å². The number of hydrogen-bond donors (Lipinski definition) is 2. The Morgan fingerprint density at radius 1 is 0.968 bits per heavy atom. The summed E-state index contributed by atoms with van der Waals surface area (Å²) in [6, 6.07) is 20.7. The van der Waals surface area contributed by atoms with Crippen LogP contribution in [0.4, 0.5) is 11.4 Å². The maximum absolute atomic E-state index is 12.6. The molecule has 3 rings (SSSR count). The van der Waals surface area contributed by atoms with Gasteiger partial charge in [-0.15, -0.1) is 11.8 Å². The van der Waals surface area contributed by atoms with E-state index in [-0.39, 0.29) is 23.5 Å². The molecule has 0 aliphatic rings. The standard InChI is InChI=1S/C25H25ClN2O2S/c1-16-7-12-23(17(2)13-16)28-25(30)18(3)31-22-6-4-5-21(15-22)27-24(29)14-19-8-10-20(26)11-9-19/h4-13,15,18H,14H2,1-3H3,(H,27,29)(H,28,30). The quantitative estimate of drug-likeness (QED) is 0.416. The SMILES string of the molecule is Cc1ccc(NC(=O)C(C)Sc2cccc(NC(=O)Cc3ccc(Cl)cc3)c2)c(C)c1. The summed E-state index contributed by atoms with van der Waals surface area (Å²) in [7, 11) is 0. The number of anilines is 2. The van der Waals surface area contributed by atoms with E-state index in [4.69, 9.17) is 11.6 Å². The van der Waals surface area contributed by atoms with Crippen molar-refractivity contribution in [1.29, 1.82) is 0 Å². The fraction of sp³-hybridized carbons (Fsp3) is 0.200. The first-order chi connectivity index (χ1) is 14.8. The van der Waals surface area contributed by atoms with Gasteiger partial charge in [-0.3, -0.25) is 9.59 Å². The molecule has 160 valence electrons. The second-order valence-electron chi connectivity index (χ2n) is 7.45. The molecule has 0 saturated carbocycles. The Kier molecular flexibility index (Phi) is 7.77. The van der Waals surface area contributed by atoms with Crippen molar-refractivity contribution >= 4 is 46.6 Å². The molecule has 0 spiro atoms. The molecule has 1 atom stereocenters. The second-order valence-corrected chi connectivity index (χ2v) is 9.30. The molecule has 0 aliphatic heterocycles. The molecule has 2 N–H and O–H groups in total. The Bertz CT molecular complexity index is 1080.